The van der Waals surface area contributed by atoms with Crippen LogP contribution in [0, 0.1) is 6.92 Å². The zero-order chi connectivity index (χ0) is 6.69. The van der Waals surface area contributed by atoms with E-state index in [4.69, 9.17) is 11.6 Å². The second-order valence-corrected chi connectivity index (χ2v) is 3.48. The molecule has 0 bridgehead atoms. The van der Waals surface area contributed by atoms with Crippen LogP contribution in [0.4, 0.5) is 0 Å². The lowest BCUT2D eigenvalue weighted by molar-refractivity contribution is 1.17. The number of hydrogen-bond donors (Lipinski definition) is 0. The molecule has 1 rings (SSSR count). The van der Waals surface area contributed by atoms with Crippen LogP contribution >= 0.6 is 22.9 Å². The fourth-order valence-corrected chi connectivity index (χ4v) is 1.72. The molecule has 0 aromatic carbocycles. The Kier molecular flexibility index (Phi) is 2.49. The Balaban J connectivity index is 2.61. The maximum atomic E-state index is 5.52. The molecule has 1 heterocycles. The summed E-state index contributed by atoms with van der Waals surface area (Å²) in [5.41, 5.74) is 0. The van der Waals surface area contributed by atoms with Gasteiger partial charge in [0.25, 0.3) is 0 Å². The van der Waals surface area contributed by atoms with Gasteiger partial charge in [0, 0.05) is 17.0 Å². The summed E-state index contributed by atoms with van der Waals surface area (Å²) in [5.74, 6) is 0.696. The molecule has 0 fully saturated rings. The predicted octanol–water partition coefficient (Wildman–Crippen LogP) is 2.23. The van der Waals surface area contributed by atoms with E-state index < -0.39 is 0 Å². The van der Waals surface area contributed by atoms with E-state index in [0.717, 1.165) is 11.4 Å². The summed E-state index contributed by atoms with van der Waals surface area (Å²) in [6, 6.07) is 0. The quantitative estimate of drug-likeness (QED) is 0.607. The van der Waals surface area contributed by atoms with Crippen LogP contribution in [-0.4, -0.2) is 10.9 Å². The topological polar surface area (TPSA) is 12.9 Å². The largest absolute Gasteiger partial charge is 0.250 e. The molecule has 0 radical (unpaired) electrons. The van der Waals surface area contributed by atoms with Gasteiger partial charge in [0.1, 0.15) is 0 Å². The summed E-state index contributed by atoms with van der Waals surface area (Å²) in [6.45, 7) is 2.00. The second kappa shape index (κ2) is 3.18. The molecule has 1 aromatic rings. The highest BCUT2D eigenvalue weighted by Crippen LogP contribution is 2.11. The first-order valence-corrected chi connectivity index (χ1v) is 4.15. The van der Waals surface area contributed by atoms with E-state index in [9.17, 15) is 0 Å². The molecule has 0 spiro atoms. The monoisotopic (exact) mass is 161 g/mol. The summed E-state index contributed by atoms with van der Waals surface area (Å²) in [7, 11) is 0. The molecule has 0 atom stereocenters. The minimum absolute atomic E-state index is 0.696. The molecule has 0 unspecified atom stereocenters. The zero-order valence-corrected chi connectivity index (χ0v) is 6.80. The predicted molar refractivity (Wildman–Crippen MR) is 41.3 cm³/mol. The van der Waals surface area contributed by atoms with Crippen LogP contribution in [0.1, 0.15) is 9.88 Å². The van der Waals surface area contributed by atoms with Crippen molar-refractivity contribution in [3.8, 4) is 0 Å². The average Bonchev–Trinajstić information content (AvgIpc) is 2.17. The van der Waals surface area contributed by atoms with E-state index in [-0.39, 0.29) is 0 Å². The molecular weight excluding hydrogens is 154 g/mol. The lowest BCUT2D eigenvalue weighted by Gasteiger charge is -1.83. The minimum Gasteiger partial charge on any atom is -0.250 e. The second-order valence-electron chi connectivity index (χ2n) is 1.78. The van der Waals surface area contributed by atoms with Gasteiger partial charge in [0.05, 0.1) is 5.01 Å². The Morgan fingerprint density at radius 1 is 1.78 bits per heavy atom. The molecule has 50 valence electrons. The number of thiazole rings is 1. The molecule has 0 saturated heterocycles. The van der Waals surface area contributed by atoms with Gasteiger partial charge in [0.2, 0.25) is 0 Å². The van der Waals surface area contributed by atoms with Crippen LogP contribution in [0.3, 0.4) is 0 Å². The third-order valence-corrected chi connectivity index (χ3v) is 2.17. The summed E-state index contributed by atoms with van der Waals surface area (Å²) in [5, 5.41) is 1.12. The lowest BCUT2D eigenvalue weighted by atomic mass is 10.4. The van der Waals surface area contributed by atoms with Crippen LogP contribution < -0.4 is 0 Å². The molecule has 0 N–H and O–H groups in total. The Labute approximate surface area is 63.7 Å². The number of hydrogen-bond acceptors (Lipinski definition) is 2. The summed E-state index contributed by atoms with van der Waals surface area (Å²) in [6.07, 6.45) is 2.84. The van der Waals surface area contributed by atoms with Gasteiger partial charge in [-0.15, -0.1) is 22.9 Å². The van der Waals surface area contributed by atoms with Crippen LogP contribution in [0.15, 0.2) is 6.20 Å². The Hall–Kier alpha value is -0.0800. The Bertz CT molecular complexity index is 185. The minimum atomic E-state index is 0.696. The van der Waals surface area contributed by atoms with Gasteiger partial charge in [-0.3, -0.25) is 0 Å². The van der Waals surface area contributed by atoms with Gasteiger partial charge >= 0.3 is 0 Å². The van der Waals surface area contributed by atoms with Gasteiger partial charge in [-0.1, -0.05) is 0 Å². The van der Waals surface area contributed by atoms with Crippen molar-refractivity contribution in [1.82, 2.24) is 4.98 Å². The van der Waals surface area contributed by atoms with E-state index in [2.05, 4.69) is 4.98 Å². The van der Waals surface area contributed by atoms with Gasteiger partial charge in [-0.05, 0) is 13.3 Å². The van der Waals surface area contributed by atoms with Gasteiger partial charge in [-0.2, -0.15) is 0 Å². The first-order chi connectivity index (χ1) is 4.33. The molecule has 0 saturated carbocycles. The first kappa shape index (κ1) is 7.03. The normalized spacial score (nSPS) is 10.0. The van der Waals surface area contributed by atoms with E-state index in [1.54, 1.807) is 11.3 Å². The summed E-state index contributed by atoms with van der Waals surface area (Å²) < 4.78 is 0. The SMILES string of the molecule is Cc1ncc(CCCl)s1. The van der Waals surface area contributed by atoms with Crippen LogP contribution in [0.5, 0.6) is 0 Å². The molecular formula is C6H8ClNS. The third-order valence-electron chi connectivity index (χ3n) is 1.01. The fraction of sp³-hybridized carbons (Fsp3) is 0.500. The smallest absolute Gasteiger partial charge is 0.0896 e. The lowest BCUT2D eigenvalue weighted by Crippen LogP contribution is -1.77. The van der Waals surface area contributed by atoms with Gasteiger partial charge in [-0.25, -0.2) is 4.98 Å². The number of halogens is 1. The summed E-state index contributed by atoms with van der Waals surface area (Å²) in [4.78, 5) is 5.38. The third kappa shape index (κ3) is 1.95. The van der Waals surface area contributed by atoms with Crippen LogP contribution in [-0.2, 0) is 6.42 Å². The number of alkyl halides is 1. The van der Waals surface area contributed by atoms with Crippen molar-refractivity contribution >= 4 is 22.9 Å². The van der Waals surface area contributed by atoms with E-state index in [1.807, 2.05) is 13.1 Å². The average molecular weight is 162 g/mol. The van der Waals surface area contributed by atoms with Crippen molar-refractivity contribution in [2.24, 2.45) is 0 Å². The molecule has 1 aromatic heterocycles. The van der Waals surface area contributed by atoms with Crippen LogP contribution in [0.2, 0.25) is 0 Å². The molecule has 0 amide bonds. The first-order valence-electron chi connectivity index (χ1n) is 2.80. The highest BCUT2D eigenvalue weighted by molar-refractivity contribution is 7.11. The van der Waals surface area contributed by atoms with Gasteiger partial charge < -0.3 is 0 Å². The van der Waals surface area contributed by atoms with Crippen molar-refractivity contribution in [3.05, 3.63) is 16.1 Å². The molecule has 1 nitrogen and oxygen atoms in total. The number of rotatable bonds is 2. The number of aryl methyl sites for hydroxylation is 2. The molecule has 3 heteroatoms. The van der Waals surface area contributed by atoms with Crippen molar-refractivity contribution in [2.75, 3.05) is 5.88 Å². The fourth-order valence-electron chi connectivity index (χ4n) is 0.614. The maximum Gasteiger partial charge on any atom is 0.0896 e. The standard InChI is InChI=1S/C6H8ClNS/c1-5-8-4-6(9-5)2-3-7/h4H,2-3H2,1H3. The van der Waals surface area contributed by atoms with Crippen molar-refractivity contribution in [3.63, 3.8) is 0 Å². The molecule has 9 heavy (non-hydrogen) atoms. The number of aromatic nitrogens is 1. The highest BCUT2D eigenvalue weighted by atomic mass is 35.5. The molecule has 0 aliphatic carbocycles. The van der Waals surface area contributed by atoms with E-state index in [0.29, 0.717) is 5.88 Å². The van der Waals surface area contributed by atoms with Crippen molar-refractivity contribution in [1.29, 1.82) is 0 Å². The van der Waals surface area contributed by atoms with E-state index >= 15 is 0 Å². The van der Waals surface area contributed by atoms with Crippen LogP contribution in [0.25, 0.3) is 0 Å². The number of nitrogens with zero attached hydrogens (tertiary/aromatic N) is 1. The molecule has 0 aliphatic rings. The van der Waals surface area contributed by atoms with Gasteiger partial charge in [0.15, 0.2) is 0 Å². The van der Waals surface area contributed by atoms with Crippen molar-refractivity contribution in [2.45, 2.75) is 13.3 Å². The zero-order valence-electron chi connectivity index (χ0n) is 5.22. The Morgan fingerprint density at radius 2 is 2.56 bits per heavy atom. The Morgan fingerprint density at radius 3 is 3.00 bits per heavy atom. The maximum absolute atomic E-state index is 5.52. The van der Waals surface area contributed by atoms with E-state index in [1.165, 1.54) is 4.88 Å². The highest BCUT2D eigenvalue weighted by Gasteiger charge is 1.94. The summed E-state index contributed by atoms with van der Waals surface area (Å²) >= 11 is 7.24. The molecule has 0 aliphatic heterocycles. The van der Waals surface area contributed by atoms with Crippen molar-refractivity contribution < 1.29 is 0 Å².